The van der Waals surface area contributed by atoms with Gasteiger partial charge in [-0.05, 0) is 110 Å². The zero-order valence-electron chi connectivity index (χ0n) is 45.3. The molecule has 418 valence electrons. The number of rotatable bonds is 17. The first-order valence-corrected chi connectivity index (χ1v) is 28.6. The number of halogens is 2. The summed E-state index contributed by atoms with van der Waals surface area (Å²) in [6.07, 6.45) is 13.6. The molecule has 1 amide bonds. The van der Waals surface area contributed by atoms with E-state index in [-0.39, 0.29) is 62.3 Å². The van der Waals surface area contributed by atoms with Crippen molar-refractivity contribution < 1.29 is 36.4 Å². The van der Waals surface area contributed by atoms with E-state index in [1.54, 1.807) is 36.5 Å². The summed E-state index contributed by atoms with van der Waals surface area (Å²) in [5.41, 5.74) is 1.79. The van der Waals surface area contributed by atoms with E-state index in [9.17, 15) is 27.7 Å². The largest absolute Gasteiger partial charge is 0.497 e. The highest BCUT2D eigenvalue weighted by Crippen LogP contribution is 2.53. The van der Waals surface area contributed by atoms with E-state index < -0.39 is 49.5 Å². The van der Waals surface area contributed by atoms with Gasteiger partial charge in [-0.2, -0.15) is 0 Å². The second-order valence-corrected chi connectivity index (χ2v) is 23.8. The number of imidazole rings is 1. The minimum absolute atomic E-state index is 0.0342. The second kappa shape index (κ2) is 21.6. The molecular formula is C59H65F2N11O7S. The van der Waals surface area contributed by atoms with Crippen molar-refractivity contribution >= 4 is 55.1 Å². The molecule has 2 saturated heterocycles. The number of benzene rings is 4. The number of nitrogens with zero attached hydrogens (tertiary/aromatic N) is 7. The van der Waals surface area contributed by atoms with E-state index in [1.165, 1.54) is 53.4 Å². The average Bonchev–Trinajstić information content (AvgIpc) is 4.09. The quantitative estimate of drug-likeness (QED) is 0.0494. The predicted molar refractivity (Wildman–Crippen MR) is 303 cm³/mol. The number of piperazine rings is 1. The highest BCUT2D eigenvalue weighted by atomic mass is 32.2. The number of methoxy groups -OCH3 is 1. The molecule has 11 rings (SSSR count). The SMILES string of the molecule is COc1ccc(CN2CCN(C3CC4(CCN(c5ccc(C(=O)NS(=O)(=O)c6cc([N+](=O)[O-])c(NCC7(F)C=CN(C(C)C)C=C7)c7[nH]cnc67)c(Oc6cnc7[nH]cc(F)c7c6)c5)CC4)C3)C(c3ccccc3C(C)C)C2)cc1. The van der Waals surface area contributed by atoms with Gasteiger partial charge in [0.25, 0.3) is 21.6 Å². The van der Waals surface area contributed by atoms with Crippen LogP contribution in [0.2, 0.25) is 0 Å². The number of alkyl halides is 1. The second-order valence-electron chi connectivity index (χ2n) is 22.2. The number of hydrogen-bond donors (Lipinski definition) is 4. The lowest BCUT2D eigenvalue weighted by molar-refractivity contribution is -0.384. The fraction of sp³-hybridized carbons (Fsp3) is 0.373. The van der Waals surface area contributed by atoms with Gasteiger partial charge in [-0.15, -0.1) is 0 Å². The van der Waals surface area contributed by atoms with Gasteiger partial charge in [-0.25, -0.2) is 31.9 Å². The smallest absolute Gasteiger partial charge is 0.296 e. The number of fused-ring (bicyclic) bond motifs is 2. The van der Waals surface area contributed by atoms with Crippen molar-refractivity contribution in [1.82, 2.24) is 39.4 Å². The first-order valence-electron chi connectivity index (χ1n) is 27.1. The number of amides is 1. The Kier molecular flexibility index (Phi) is 14.6. The average molecular weight is 1110 g/mol. The molecule has 1 aliphatic carbocycles. The lowest BCUT2D eigenvalue weighted by Gasteiger charge is -2.58. The standard InChI is InChI=1S/C59H65F2N11O7S/c1-37(2)44-8-6-7-9-45(44)50-34-68(33-39-10-13-42(78-5)14-11-39)24-25-71(50)41-29-58(30-41)16-20-70(21-17-58)40-12-15-46(51(26-40)79-43-27-47-48(60)32-63-56(47)62-31-43)57(73)67-80(76,77)52-28-49(72(74)75)53(55-54(52)65-36-66-55)64-35-59(61)18-22-69(23-19-59)38(3)4/h6-15,18-19,22-23,26-28,31-32,36-38,41,50,64H,16-17,20-21,24-25,29-30,33-35H2,1-5H3,(H,62,63)(H,65,66)(H,67,73). The van der Waals surface area contributed by atoms with Gasteiger partial charge < -0.3 is 34.6 Å². The fourth-order valence-corrected chi connectivity index (χ4v) is 13.2. The van der Waals surface area contributed by atoms with Crippen molar-refractivity contribution in [2.24, 2.45) is 5.41 Å². The Morgan fingerprint density at radius 2 is 1.69 bits per heavy atom. The Hall–Kier alpha value is -7.88. The van der Waals surface area contributed by atoms with Gasteiger partial charge in [0.05, 0.1) is 47.6 Å². The van der Waals surface area contributed by atoms with Gasteiger partial charge in [0.1, 0.15) is 44.8 Å². The summed E-state index contributed by atoms with van der Waals surface area (Å²) in [6, 6.07) is 25.1. The molecule has 4 aliphatic rings. The number of nitro benzene ring substituents is 1. The number of carbonyl (C=O) groups is 1. The molecule has 0 radical (unpaired) electrons. The molecule has 4 aromatic carbocycles. The summed E-state index contributed by atoms with van der Waals surface area (Å²) in [4.78, 5) is 48.8. The molecule has 3 aliphatic heterocycles. The highest BCUT2D eigenvalue weighted by Gasteiger charge is 2.50. The van der Waals surface area contributed by atoms with Gasteiger partial charge in [0, 0.05) is 93.8 Å². The Balaban J connectivity index is 0.814. The Morgan fingerprint density at radius 1 is 0.938 bits per heavy atom. The van der Waals surface area contributed by atoms with E-state index in [0.29, 0.717) is 12.0 Å². The molecule has 80 heavy (non-hydrogen) atoms. The number of nitro groups is 1. The van der Waals surface area contributed by atoms with Crippen molar-refractivity contribution in [1.29, 1.82) is 0 Å². The molecule has 4 N–H and O–H groups in total. The molecular weight excluding hydrogens is 1040 g/mol. The third-order valence-corrected chi connectivity index (χ3v) is 17.8. The van der Waals surface area contributed by atoms with E-state index >= 15 is 4.39 Å². The number of H-pyrrole nitrogens is 2. The van der Waals surface area contributed by atoms with Gasteiger partial charge in [0.15, 0.2) is 5.67 Å². The Labute approximate surface area is 463 Å². The summed E-state index contributed by atoms with van der Waals surface area (Å²) in [7, 11) is -3.22. The van der Waals surface area contributed by atoms with Crippen molar-refractivity contribution in [2.45, 2.75) is 94.5 Å². The van der Waals surface area contributed by atoms with Crippen molar-refractivity contribution in [3.63, 3.8) is 0 Å². The van der Waals surface area contributed by atoms with Crippen LogP contribution in [0.25, 0.3) is 22.1 Å². The lowest BCUT2D eigenvalue weighted by atomic mass is 9.59. The normalized spacial score (nSPS) is 18.6. The molecule has 18 nitrogen and oxygen atoms in total. The van der Waals surface area contributed by atoms with E-state index in [4.69, 9.17) is 9.47 Å². The minimum atomic E-state index is -4.91. The molecule has 6 heterocycles. The van der Waals surface area contributed by atoms with E-state index in [1.807, 2.05) is 26.0 Å². The van der Waals surface area contributed by atoms with Crippen LogP contribution in [0.4, 0.5) is 25.8 Å². The zero-order valence-corrected chi connectivity index (χ0v) is 46.1. The van der Waals surface area contributed by atoms with Gasteiger partial charge in [0.2, 0.25) is 0 Å². The van der Waals surface area contributed by atoms with Crippen molar-refractivity contribution in [3.8, 4) is 17.2 Å². The summed E-state index contributed by atoms with van der Waals surface area (Å²) >= 11 is 0. The van der Waals surface area contributed by atoms with Gasteiger partial charge >= 0.3 is 0 Å². The van der Waals surface area contributed by atoms with Crippen LogP contribution in [0.3, 0.4) is 0 Å². The molecule has 1 unspecified atom stereocenters. The number of pyridine rings is 1. The number of piperidine rings is 1. The zero-order chi connectivity index (χ0) is 56.1. The minimum Gasteiger partial charge on any atom is -0.497 e. The van der Waals surface area contributed by atoms with Crippen LogP contribution in [0.1, 0.15) is 92.4 Å². The van der Waals surface area contributed by atoms with Crippen LogP contribution in [0.5, 0.6) is 17.2 Å². The third kappa shape index (κ3) is 10.8. The number of aromatic amines is 2. The van der Waals surface area contributed by atoms with E-state index in [2.05, 4.69) is 94.9 Å². The maximum absolute atomic E-state index is 15.9. The number of aromatic nitrogens is 4. The number of nitrogens with one attached hydrogen (secondary N) is 4. The predicted octanol–water partition coefficient (Wildman–Crippen LogP) is 10.7. The van der Waals surface area contributed by atoms with Crippen LogP contribution in [0, 0.1) is 21.3 Å². The Morgan fingerprint density at radius 3 is 2.40 bits per heavy atom. The lowest BCUT2D eigenvalue weighted by Crippen LogP contribution is -2.60. The maximum Gasteiger partial charge on any atom is 0.296 e. The molecule has 21 heteroatoms. The summed E-state index contributed by atoms with van der Waals surface area (Å²) in [5, 5.41) is 15.5. The van der Waals surface area contributed by atoms with Crippen LogP contribution < -0.4 is 24.4 Å². The number of sulfonamides is 1. The van der Waals surface area contributed by atoms with E-state index in [0.717, 1.165) is 88.8 Å². The van der Waals surface area contributed by atoms with Gasteiger partial charge in [-0.1, -0.05) is 50.2 Å². The Bertz CT molecular complexity index is 3630. The number of carbonyl (C=O) groups excluding carboxylic acids is 1. The maximum atomic E-state index is 15.9. The molecule has 0 bridgehead atoms. The van der Waals surface area contributed by atoms with Crippen LogP contribution in [-0.2, 0) is 16.6 Å². The molecule has 3 fully saturated rings. The first kappa shape index (κ1) is 54.1. The molecule has 3 aromatic heterocycles. The van der Waals surface area contributed by atoms with Crippen LogP contribution in [0.15, 0.2) is 127 Å². The number of ether oxygens (including phenoxy) is 2. The number of anilines is 2. The van der Waals surface area contributed by atoms with Crippen LogP contribution in [-0.4, -0.2) is 118 Å². The summed E-state index contributed by atoms with van der Waals surface area (Å²) in [5.74, 6) is -0.389. The summed E-state index contributed by atoms with van der Waals surface area (Å²) in [6.45, 7) is 13.2. The first-order chi connectivity index (χ1) is 38.4. The van der Waals surface area contributed by atoms with Crippen molar-refractivity contribution in [3.05, 3.63) is 160 Å². The van der Waals surface area contributed by atoms with Crippen LogP contribution >= 0.6 is 0 Å². The summed E-state index contributed by atoms with van der Waals surface area (Å²) < 4.78 is 73.2. The third-order valence-electron chi connectivity index (χ3n) is 16.5. The molecule has 1 atom stereocenters. The molecule has 1 spiro atoms. The van der Waals surface area contributed by atoms with Crippen molar-refractivity contribution in [2.75, 3.05) is 56.6 Å². The molecule has 1 saturated carbocycles. The molecule has 7 aromatic rings. The number of hydrogen-bond acceptors (Lipinski definition) is 14. The fourth-order valence-electron chi connectivity index (χ4n) is 12.0. The highest BCUT2D eigenvalue weighted by molar-refractivity contribution is 7.90. The topological polar surface area (TPSA) is 207 Å². The van der Waals surface area contributed by atoms with Gasteiger partial charge in [-0.3, -0.25) is 24.7 Å². The monoisotopic (exact) mass is 1110 g/mol.